The van der Waals surface area contributed by atoms with E-state index in [1.165, 1.54) is 0 Å². The van der Waals surface area contributed by atoms with Crippen molar-refractivity contribution in [2.75, 3.05) is 18.9 Å². The fraction of sp³-hybridized carbons (Fsp3) is 0.600. The number of carbonyl (C=O) groups is 3. The highest BCUT2D eigenvalue weighted by molar-refractivity contribution is 8.77. The zero-order valence-electron chi connectivity index (χ0n) is 21.8. The lowest BCUT2D eigenvalue weighted by Gasteiger charge is -2.20. The van der Waals surface area contributed by atoms with Crippen LogP contribution in [0.4, 0.5) is 5.69 Å². The number of nitrogens with one attached hydrogen (secondary N) is 1. The van der Waals surface area contributed by atoms with Crippen molar-refractivity contribution in [1.82, 2.24) is 5.32 Å². The minimum Gasteiger partial charge on any atom is -0.461 e. The molecule has 2 atom stereocenters. The van der Waals surface area contributed by atoms with Crippen molar-refractivity contribution in [3.05, 3.63) is 40.3 Å². The molecule has 12 heteroatoms. The average molecular weight is 550 g/mol. The number of benzene rings is 1. The van der Waals surface area contributed by atoms with Gasteiger partial charge in [0.15, 0.2) is 6.61 Å². The van der Waals surface area contributed by atoms with Crippen molar-refractivity contribution in [3.8, 4) is 6.07 Å². The Balaban J connectivity index is 2.54. The molecule has 0 aliphatic heterocycles. The van der Waals surface area contributed by atoms with Gasteiger partial charge in [-0.15, -0.1) is 0 Å². The van der Waals surface area contributed by atoms with Crippen LogP contribution in [0.5, 0.6) is 0 Å². The molecular formula is C25H35N5O5S2. The topological polar surface area (TPSA) is 154 Å². The van der Waals surface area contributed by atoms with Crippen LogP contribution in [-0.4, -0.2) is 41.5 Å². The molecule has 0 spiro atoms. The predicted octanol–water partition coefficient (Wildman–Crippen LogP) is 5.85. The van der Waals surface area contributed by atoms with Gasteiger partial charge in [0.1, 0.15) is 12.7 Å². The third-order valence-corrected chi connectivity index (χ3v) is 8.32. The molecule has 0 aliphatic carbocycles. The van der Waals surface area contributed by atoms with Crippen LogP contribution in [-0.2, 0) is 30.5 Å². The fourth-order valence-corrected chi connectivity index (χ4v) is 5.56. The van der Waals surface area contributed by atoms with E-state index in [0.29, 0.717) is 37.2 Å². The molecule has 0 heterocycles. The first-order valence-electron chi connectivity index (χ1n) is 12.0. The molecule has 0 unspecified atom stereocenters. The summed E-state index contributed by atoms with van der Waals surface area (Å²) in [4.78, 5) is 39.8. The van der Waals surface area contributed by atoms with E-state index in [1.54, 1.807) is 58.8 Å². The number of nitrogens with zero attached hydrogens (tertiary/aromatic N) is 4. The normalized spacial score (nSPS) is 12.4. The van der Waals surface area contributed by atoms with E-state index in [4.69, 9.17) is 20.3 Å². The molecule has 0 radical (unpaired) electrons. The van der Waals surface area contributed by atoms with Crippen molar-refractivity contribution in [2.45, 2.75) is 64.7 Å². The third-order valence-electron chi connectivity index (χ3n) is 4.90. The fourth-order valence-electron chi connectivity index (χ4n) is 2.95. The summed E-state index contributed by atoms with van der Waals surface area (Å²) in [6, 6.07) is 8.46. The maximum Gasteiger partial charge on any atom is 0.309 e. The van der Waals surface area contributed by atoms with Crippen molar-refractivity contribution in [1.29, 1.82) is 5.26 Å². The molecule has 1 rings (SSSR count). The van der Waals surface area contributed by atoms with Crippen molar-refractivity contribution < 1.29 is 23.9 Å². The van der Waals surface area contributed by atoms with E-state index in [0.717, 1.165) is 5.56 Å². The van der Waals surface area contributed by atoms with Gasteiger partial charge in [0.05, 0.1) is 18.3 Å². The standard InChI is InChI=1S/C25H35N5O5S2/c1-18(24(33)34-14-12-26)7-5-6-13-28-23(32)20(17-36-37-25(2,3)4)15-22(31)35-16-19-8-10-21(11-9-19)29-30-27/h8-11,18,20H,5-7,13-17H2,1-4H3,(H,28,32)/t18-,20-/m0/s1. The minimum absolute atomic E-state index is 0.0129. The lowest BCUT2D eigenvalue weighted by molar-refractivity contribution is -0.148. The minimum atomic E-state index is -0.542. The Labute approximate surface area is 226 Å². The smallest absolute Gasteiger partial charge is 0.309 e. The summed E-state index contributed by atoms with van der Waals surface area (Å²) in [5, 5.41) is 14.9. The SMILES string of the molecule is C[C@@H](CCCCNC(=O)[C@H](CSSC(C)(C)C)CC(=O)OCc1ccc(N=[N+]=[N-])cc1)C(=O)OCC#N. The van der Waals surface area contributed by atoms with E-state index < -0.39 is 17.9 Å². The van der Waals surface area contributed by atoms with Gasteiger partial charge in [-0.05, 0) is 23.9 Å². The average Bonchev–Trinajstić information content (AvgIpc) is 2.85. The lowest BCUT2D eigenvalue weighted by Crippen LogP contribution is -2.34. The van der Waals surface area contributed by atoms with Crippen molar-refractivity contribution >= 4 is 45.1 Å². The summed E-state index contributed by atoms with van der Waals surface area (Å²) in [5.41, 5.74) is 9.69. The monoisotopic (exact) mass is 549 g/mol. The van der Waals surface area contributed by atoms with Gasteiger partial charge >= 0.3 is 11.9 Å². The van der Waals surface area contributed by atoms with Gasteiger partial charge in [-0.3, -0.25) is 14.4 Å². The van der Waals surface area contributed by atoms with Gasteiger partial charge in [-0.1, -0.05) is 85.1 Å². The Morgan fingerprint density at radius 3 is 2.51 bits per heavy atom. The van der Waals surface area contributed by atoms with Gasteiger partial charge in [-0.2, -0.15) is 5.26 Å². The largest absolute Gasteiger partial charge is 0.461 e. The van der Waals surface area contributed by atoms with Gasteiger partial charge in [0.2, 0.25) is 5.91 Å². The Hall–Kier alpha value is -2.87. The molecule has 0 aliphatic rings. The number of nitriles is 1. The number of ether oxygens (including phenoxy) is 2. The van der Waals surface area contributed by atoms with Gasteiger partial charge in [0, 0.05) is 27.6 Å². The molecule has 1 N–H and O–H groups in total. The Kier molecular flexibility index (Phi) is 15.3. The number of azide groups is 1. The van der Waals surface area contributed by atoms with Crippen LogP contribution in [0.15, 0.2) is 29.4 Å². The molecule has 37 heavy (non-hydrogen) atoms. The molecule has 0 aromatic heterocycles. The first-order valence-corrected chi connectivity index (χ1v) is 14.3. The lowest BCUT2D eigenvalue weighted by atomic mass is 10.0. The molecule has 10 nitrogen and oxygen atoms in total. The number of amides is 1. The molecule has 1 amide bonds. The van der Waals surface area contributed by atoms with Crippen LogP contribution in [0, 0.1) is 23.2 Å². The van der Waals surface area contributed by atoms with Crippen LogP contribution in [0.1, 0.15) is 58.9 Å². The highest BCUT2D eigenvalue weighted by Gasteiger charge is 2.24. The summed E-state index contributed by atoms with van der Waals surface area (Å²) in [7, 11) is 3.20. The number of esters is 2. The summed E-state index contributed by atoms with van der Waals surface area (Å²) in [6.07, 6.45) is 1.94. The van der Waals surface area contributed by atoms with Crippen LogP contribution >= 0.6 is 21.6 Å². The van der Waals surface area contributed by atoms with E-state index in [9.17, 15) is 14.4 Å². The molecule has 1 aromatic rings. The summed E-state index contributed by atoms with van der Waals surface area (Å²) < 4.78 is 10.2. The van der Waals surface area contributed by atoms with Crippen LogP contribution < -0.4 is 5.32 Å². The van der Waals surface area contributed by atoms with E-state index in [2.05, 4.69) is 36.1 Å². The zero-order chi connectivity index (χ0) is 27.7. The second-order valence-corrected chi connectivity index (χ2v) is 12.5. The van der Waals surface area contributed by atoms with Crippen LogP contribution in [0.2, 0.25) is 0 Å². The molecule has 0 saturated carbocycles. The summed E-state index contributed by atoms with van der Waals surface area (Å²) >= 11 is 0. The van der Waals surface area contributed by atoms with Crippen molar-refractivity contribution in [2.24, 2.45) is 17.0 Å². The summed E-state index contributed by atoms with van der Waals surface area (Å²) in [6.45, 7) is 8.23. The number of carbonyl (C=O) groups excluding carboxylic acids is 3. The van der Waals surface area contributed by atoms with E-state index in [-0.39, 0.29) is 36.2 Å². The third kappa shape index (κ3) is 15.1. The quantitative estimate of drug-likeness (QED) is 0.0672. The number of hydrogen-bond donors (Lipinski definition) is 1. The summed E-state index contributed by atoms with van der Waals surface area (Å²) in [5.74, 6) is -1.47. The predicted molar refractivity (Wildman–Crippen MR) is 146 cm³/mol. The van der Waals surface area contributed by atoms with Crippen molar-refractivity contribution in [3.63, 3.8) is 0 Å². The zero-order valence-corrected chi connectivity index (χ0v) is 23.4. The van der Waals surface area contributed by atoms with Crippen LogP contribution in [0.3, 0.4) is 0 Å². The molecule has 0 bridgehead atoms. The maximum absolute atomic E-state index is 12.8. The highest BCUT2D eigenvalue weighted by Crippen LogP contribution is 2.36. The Bertz CT molecular complexity index is 969. The second kappa shape index (κ2) is 17.6. The second-order valence-electron chi connectivity index (χ2n) is 9.35. The Morgan fingerprint density at radius 2 is 1.89 bits per heavy atom. The van der Waals surface area contributed by atoms with Crippen LogP contribution in [0.25, 0.3) is 10.4 Å². The molecule has 0 saturated heterocycles. The molecule has 1 aromatic carbocycles. The highest BCUT2D eigenvalue weighted by atomic mass is 33.1. The molecule has 0 fully saturated rings. The van der Waals surface area contributed by atoms with E-state index >= 15 is 0 Å². The van der Waals surface area contributed by atoms with Gasteiger partial charge in [0.25, 0.3) is 0 Å². The Morgan fingerprint density at radius 1 is 1.19 bits per heavy atom. The molecular weight excluding hydrogens is 514 g/mol. The van der Waals surface area contributed by atoms with E-state index in [1.807, 2.05) is 0 Å². The van der Waals surface area contributed by atoms with Gasteiger partial charge < -0.3 is 14.8 Å². The molecule has 202 valence electrons. The maximum atomic E-state index is 12.8. The first-order chi connectivity index (χ1) is 17.6. The van der Waals surface area contributed by atoms with Gasteiger partial charge in [-0.25, -0.2) is 0 Å². The number of unbranched alkanes of at least 4 members (excludes halogenated alkanes) is 1. The first kappa shape index (κ1) is 32.2. The number of hydrogen-bond acceptors (Lipinski definition) is 9. The number of rotatable bonds is 16.